The summed E-state index contributed by atoms with van der Waals surface area (Å²) in [6.45, 7) is 0. The summed E-state index contributed by atoms with van der Waals surface area (Å²) in [4.78, 5) is 3.18. The Hall–Kier alpha value is -2.77. The number of aromatic nitrogens is 1. The van der Waals surface area contributed by atoms with Crippen molar-refractivity contribution in [1.29, 1.82) is 0 Å². The van der Waals surface area contributed by atoms with Crippen LogP contribution in [-0.2, 0) is 16.9 Å². The monoisotopic (exact) mass is 361 g/mol. The van der Waals surface area contributed by atoms with Crippen molar-refractivity contribution >= 4 is 18.3 Å². The van der Waals surface area contributed by atoms with E-state index >= 15 is 0 Å². The molecule has 4 rings (SSSR count). The first-order valence-corrected chi connectivity index (χ1v) is 10.6. The highest BCUT2D eigenvalue weighted by molar-refractivity contribution is 7.57. The maximum atomic E-state index is 13.9. The van der Waals surface area contributed by atoms with Gasteiger partial charge in [-0.2, -0.15) is 0 Å². The number of H-pyrrole nitrogens is 1. The molecule has 1 N–H and O–H groups in total. The smallest absolute Gasteiger partial charge is 0.256 e. The quantitative estimate of drug-likeness (QED) is 0.414. The molecule has 0 amide bonds. The lowest BCUT2D eigenvalue weighted by molar-refractivity contribution is 0.481. The SMILES string of the molecule is O=P(Cc1ccccc1)(Cc1ccccc1)Oc1cccc2[nH]ccc12. The fraction of sp³-hybridized carbons (Fsp3) is 0.0909. The van der Waals surface area contributed by atoms with Crippen molar-refractivity contribution in [3.8, 4) is 5.75 Å². The van der Waals surface area contributed by atoms with Crippen LogP contribution in [0.4, 0.5) is 0 Å². The van der Waals surface area contributed by atoms with Crippen LogP contribution in [0.25, 0.3) is 10.9 Å². The molecule has 0 aliphatic carbocycles. The minimum Gasteiger partial charge on any atom is -0.442 e. The van der Waals surface area contributed by atoms with Crippen molar-refractivity contribution in [2.75, 3.05) is 0 Å². The molecule has 3 aromatic carbocycles. The maximum Gasteiger partial charge on any atom is 0.256 e. The highest BCUT2D eigenvalue weighted by Gasteiger charge is 2.26. The predicted molar refractivity (Wildman–Crippen MR) is 107 cm³/mol. The zero-order valence-corrected chi connectivity index (χ0v) is 15.2. The van der Waals surface area contributed by atoms with Crippen LogP contribution < -0.4 is 4.52 Å². The van der Waals surface area contributed by atoms with Crippen molar-refractivity contribution in [3.05, 3.63) is 102 Å². The highest BCUT2D eigenvalue weighted by atomic mass is 31.2. The number of hydrogen-bond donors (Lipinski definition) is 1. The van der Waals surface area contributed by atoms with Gasteiger partial charge in [0.1, 0.15) is 5.75 Å². The van der Waals surface area contributed by atoms with Crippen molar-refractivity contribution in [2.24, 2.45) is 0 Å². The molecule has 4 heteroatoms. The molecule has 130 valence electrons. The Balaban J connectivity index is 1.70. The molecule has 1 heterocycles. The first-order valence-electron chi connectivity index (χ1n) is 8.63. The topological polar surface area (TPSA) is 42.1 Å². The third-order valence-electron chi connectivity index (χ3n) is 4.35. The lowest BCUT2D eigenvalue weighted by Crippen LogP contribution is -2.01. The summed E-state index contributed by atoms with van der Waals surface area (Å²) in [7, 11) is -2.98. The van der Waals surface area contributed by atoms with Gasteiger partial charge in [0.05, 0.1) is 12.3 Å². The second-order valence-corrected chi connectivity index (χ2v) is 8.83. The molecule has 0 saturated heterocycles. The highest BCUT2D eigenvalue weighted by Crippen LogP contribution is 2.54. The molecule has 0 atom stereocenters. The summed E-state index contributed by atoms with van der Waals surface area (Å²) < 4.78 is 20.1. The number of benzene rings is 3. The van der Waals surface area contributed by atoms with Crippen LogP contribution in [0.5, 0.6) is 5.75 Å². The lowest BCUT2D eigenvalue weighted by Gasteiger charge is -2.21. The van der Waals surface area contributed by atoms with Gasteiger partial charge in [-0.1, -0.05) is 66.7 Å². The Morgan fingerprint density at radius 1 is 0.731 bits per heavy atom. The Bertz CT molecular complexity index is 996. The summed E-state index contributed by atoms with van der Waals surface area (Å²) in [5.41, 5.74) is 3.02. The van der Waals surface area contributed by atoms with E-state index in [2.05, 4.69) is 4.98 Å². The summed E-state index contributed by atoms with van der Waals surface area (Å²) >= 11 is 0. The van der Waals surface area contributed by atoms with Crippen molar-refractivity contribution in [1.82, 2.24) is 4.98 Å². The van der Waals surface area contributed by atoms with E-state index in [4.69, 9.17) is 4.52 Å². The van der Waals surface area contributed by atoms with Gasteiger partial charge in [0.2, 0.25) is 0 Å². The third kappa shape index (κ3) is 3.74. The molecule has 0 radical (unpaired) electrons. The Morgan fingerprint density at radius 3 is 1.96 bits per heavy atom. The third-order valence-corrected chi connectivity index (χ3v) is 6.58. The number of rotatable bonds is 6. The van der Waals surface area contributed by atoms with Crippen LogP contribution in [0.2, 0.25) is 0 Å². The van der Waals surface area contributed by atoms with Crippen molar-refractivity contribution in [3.63, 3.8) is 0 Å². The number of nitrogens with one attached hydrogen (secondary N) is 1. The zero-order valence-electron chi connectivity index (χ0n) is 14.3. The Labute approximate surface area is 153 Å². The van der Waals surface area contributed by atoms with E-state index in [0.29, 0.717) is 18.1 Å². The van der Waals surface area contributed by atoms with Gasteiger partial charge in [-0.3, -0.25) is 4.57 Å². The first kappa shape index (κ1) is 16.7. The van der Waals surface area contributed by atoms with Crippen LogP contribution >= 0.6 is 7.37 Å². The number of aromatic amines is 1. The normalized spacial score (nSPS) is 11.5. The molecular weight excluding hydrogens is 341 g/mol. The largest absolute Gasteiger partial charge is 0.442 e. The van der Waals surface area contributed by atoms with E-state index in [9.17, 15) is 4.57 Å². The summed E-state index contributed by atoms with van der Waals surface area (Å²) in [6.07, 6.45) is 2.68. The van der Waals surface area contributed by atoms with Crippen LogP contribution in [0.1, 0.15) is 11.1 Å². The molecular formula is C22H20NO2P. The lowest BCUT2D eigenvalue weighted by atomic mass is 10.2. The molecule has 0 spiro atoms. The van der Waals surface area contributed by atoms with Crippen LogP contribution in [0.15, 0.2) is 91.1 Å². The summed E-state index contributed by atoms with van der Waals surface area (Å²) in [5.74, 6) is 0.666. The van der Waals surface area contributed by atoms with E-state index in [-0.39, 0.29) is 0 Å². The second kappa shape index (κ2) is 7.23. The van der Waals surface area contributed by atoms with Gasteiger partial charge in [0.25, 0.3) is 7.37 Å². The zero-order chi connectivity index (χ0) is 17.8. The average molecular weight is 361 g/mol. The van der Waals surface area contributed by atoms with E-state index in [1.165, 1.54) is 0 Å². The van der Waals surface area contributed by atoms with Gasteiger partial charge < -0.3 is 9.51 Å². The molecule has 0 aliphatic rings. The minimum absolute atomic E-state index is 0.406. The van der Waals surface area contributed by atoms with Gasteiger partial charge >= 0.3 is 0 Å². The van der Waals surface area contributed by atoms with Crippen molar-refractivity contribution in [2.45, 2.75) is 12.3 Å². The minimum atomic E-state index is -2.98. The average Bonchev–Trinajstić information content (AvgIpc) is 3.13. The summed E-state index contributed by atoms with van der Waals surface area (Å²) in [5, 5.41) is 0.953. The molecule has 3 nitrogen and oxygen atoms in total. The van der Waals surface area contributed by atoms with Crippen molar-refractivity contribution < 1.29 is 9.09 Å². The molecule has 0 saturated carbocycles. The van der Waals surface area contributed by atoms with Crippen LogP contribution in [-0.4, -0.2) is 4.98 Å². The van der Waals surface area contributed by atoms with Gasteiger partial charge in [-0.15, -0.1) is 0 Å². The van der Waals surface area contributed by atoms with E-state index in [1.54, 1.807) is 0 Å². The Morgan fingerprint density at radius 2 is 1.35 bits per heavy atom. The first-order chi connectivity index (χ1) is 12.7. The molecule has 26 heavy (non-hydrogen) atoms. The molecule has 4 aromatic rings. The van der Waals surface area contributed by atoms with Crippen LogP contribution in [0.3, 0.4) is 0 Å². The molecule has 1 aromatic heterocycles. The fourth-order valence-corrected chi connectivity index (χ4v) is 5.45. The van der Waals surface area contributed by atoms with Gasteiger partial charge in [0.15, 0.2) is 0 Å². The number of fused-ring (bicyclic) bond motifs is 1. The fourth-order valence-electron chi connectivity index (χ4n) is 3.16. The molecule has 0 aliphatic heterocycles. The van der Waals surface area contributed by atoms with E-state index in [0.717, 1.165) is 22.0 Å². The molecule has 0 fully saturated rings. The van der Waals surface area contributed by atoms with Gasteiger partial charge in [-0.05, 0) is 29.3 Å². The molecule has 0 unspecified atom stereocenters. The van der Waals surface area contributed by atoms with Gasteiger partial charge in [0, 0.05) is 17.1 Å². The molecule has 0 bridgehead atoms. The standard InChI is InChI=1S/C22H20NO2P/c24-26(16-18-8-3-1-4-9-18,17-19-10-5-2-6-11-19)25-22-13-7-12-21-20(22)14-15-23-21/h1-15,23H,16-17H2. The maximum absolute atomic E-state index is 13.9. The number of hydrogen-bond acceptors (Lipinski definition) is 2. The van der Waals surface area contributed by atoms with Crippen LogP contribution in [0, 0.1) is 0 Å². The van der Waals surface area contributed by atoms with Gasteiger partial charge in [-0.25, -0.2) is 0 Å². The van der Waals surface area contributed by atoms with E-state index in [1.807, 2.05) is 91.1 Å². The Kier molecular flexibility index (Phi) is 4.64. The second-order valence-electron chi connectivity index (χ2n) is 6.39. The predicted octanol–water partition coefficient (Wildman–Crippen LogP) is 6.23. The van der Waals surface area contributed by atoms with E-state index < -0.39 is 7.37 Å². The summed E-state index contributed by atoms with van der Waals surface area (Å²) in [6, 6.07) is 27.5.